The van der Waals surface area contributed by atoms with Crippen molar-refractivity contribution in [1.82, 2.24) is 9.97 Å². The van der Waals surface area contributed by atoms with Crippen LogP contribution in [0.15, 0.2) is 72.9 Å². The number of para-hydroxylation sites is 1. The molecule has 2 aromatic carbocycles. The number of anilines is 1. The number of fused-ring (bicyclic) bond motifs is 1. The van der Waals surface area contributed by atoms with E-state index in [0.29, 0.717) is 0 Å². The maximum atomic E-state index is 12.5. The maximum Gasteiger partial charge on any atom is 0.387 e. The van der Waals surface area contributed by atoms with Crippen LogP contribution in [0.1, 0.15) is 22.9 Å². The predicted octanol–water partition coefficient (Wildman–Crippen LogP) is 5.67. The minimum atomic E-state index is -2.84. The number of H-pyrrole nitrogens is 1. The van der Waals surface area contributed by atoms with Crippen molar-refractivity contribution in [2.75, 3.05) is 5.32 Å². The van der Waals surface area contributed by atoms with Gasteiger partial charge in [0.25, 0.3) is 0 Å². The molecule has 1 atom stereocenters. The number of ether oxygens (including phenoxy) is 1. The first-order valence-electron chi connectivity index (χ1n) is 8.91. The number of nitrogens with one attached hydrogen (secondary N) is 2. The molecule has 2 heterocycles. The zero-order valence-electron chi connectivity index (χ0n) is 15.2. The third-order valence-electron chi connectivity index (χ3n) is 4.63. The van der Waals surface area contributed by atoms with E-state index in [2.05, 4.69) is 26.1 Å². The number of aromatic nitrogens is 2. The van der Waals surface area contributed by atoms with Crippen molar-refractivity contribution >= 4 is 16.7 Å². The summed E-state index contributed by atoms with van der Waals surface area (Å²) in [5.74, 6) is 0.857. The van der Waals surface area contributed by atoms with Gasteiger partial charge in [-0.3, -0.25) is 0 Å². The topological polar surface area (TPSA) is 49.9 Å². The normalized spacial score (nSPS) is 12.3. The molecule has 2 aromatic heterocycles. The van der Waals surface area contributed by atoms with Crippen molar-refractivity contribution in [1.29, 1.82) is 0 Å². The first-order chi connectivity index (χ1) is 13.6. The third kappa shape index (κ3) is 3.67. The molecule has 0 aliphatic carbocycles. The predicted molar refractivity (Wildman–Crippen MR) is 106 cm³/mol. The second-order valence-electron chi connectivity index (χ2n) is 6.45. The summed E-state index contributed by atoms with van der Waals surface area (Å²) in [6, 6.07) is 20.2. The molecule has 0 amide bonds. The van der Waals surface area contributed by atoms with Crippen LogP contribution in [0.2, 0.25) is 0 Å². The Morgan fingerprint density at radius 1 is 0.964 bits per heavy atom. The Kier molecular flexibility index (Phi) is 4.93. The molecule has 2 N–H and O–H groups in total. The van der Waals surface area contributed by atoms with Crippen LogP contribution in [0.4, 0.5) is 14.6 Å². The lowest BCUT2D eigenvalue weighted by Crippen LogP contribution is -2.14. The zero-order chi connectivity index (χ0) is 19.5. The number of rotatable bonds is 6. The van der Waals surface area contributed by atoms with Crippen molar-refractivity contribution in [2.24, 2.45) is 0 Å². The van der Waals surface area contributed by atoms with Crippen LogP contribution in [0.3, 0.4) is 0 Å². The molecule has 0 fully saturated rings. The second kappa shape index (κ2) is 7.68. The van der Waals surface area contributed by atoms with E-state index in [-0.39, 0.29) is 11.8 Å². The standard InChI is InChI=1S/C22H19F2N3O/c1-14-20(17-6-2-3-7-18(17)26-14)21(27-19-8-4-5-13-25-19)15-9-11-16(12-10-15)28-22(23)24/h2-13,21-22,26H,1H3,(H,25,27). The van der Waals surface area contributed by atoms with Gasteiger partial charge in [0, 0.05) is 28.4 Å². The van der Waals surface area contributed by atoms with Crippen LogP contribution in [-0.2, 0) is 0 Å². The van der Waals surface area contributed by atoms with Crippen molar-refractivity contribution in [3.8, 4) is 5.75 Å². The van der Waals surface area contributed by atoms with Crippen molar-refractivity contribution in [3.63, 3.8) is 0 Å². The van der Waals surface area contributed by atoms with Crippen molar-refractivity contribution in [3.05, 3.63) is 89.7 Å². The van der Waals surface area contributed by atoms with Gasteiger partial charge in [0.05, 0.1) is 6.04 Å². The summed E-state index contributed by atoms with van der Waals surface area (Å²) in [7, 11) is 0. The monoisotopic (exact) mass is 379 g/mol. The molecule has 0 radical (unpaired) electrons. The highest BCUT2D eigenvalue weighted by Crippen LogP contribution is 2.34. The zero-order valence-corrected chi connectivity index (χ0v) is 15.2. The fourth-order valence-electron chi connectivity index (χ4n) is 3.43. The van der Waals surface area contributed by atoms with E-state index < -0.39 is 6.61 Å². The van der Waals surface area contributed by atoms with Gasteiger partial charge in [0.15, 0.2) is 0 Å². The van der Waals surface area contributed by atoms with Gasteiger partial charge in [-0.1, -0.05) is 36.4 Å². The lowest BCUT2D eigenvalue weighted by molar-refractivity contribution is -0.0498. The number of halogens is 2. The number of benzene rings is 2. The van der Waals surface area contributed by atoms with Gasteiger partial charge >= 0.3 is 6.61 Å². The van der Waals surface area contributed by atoms with Crippen LogP contribution in [0, 0.1) is 6.92 Å². The number of pyridine rings is 1. The summed E-state index contributed by atoms with van der Waals surface area (Å²) < 4.78 is 29.4. The third-order valence-corrected chi connectivity index (χ3v) is 4.63. The summed E-state index contributed by atoms with van der Waals surface area (Å²) in [4.78, 5) is 7.79. The molecule has 4 nitrogen and oxygen atoms in total. The van der Waals surface area contributed by atoms with Crippen LogP contribution in [0.25, 0.3) is 10.9 Å². The van der Waals surface area contributed by atoms with Crippen molar-refractivity contribution in [2.45, 2.75) is 19.6 Å². The molecule has 0 saturated heterocycles. The molecule has 0 aliphatic heterocycles. The minimum absolute atomic E-state index is 0.131. The largest absolute Gasteiger partial charge is 0.435 e. The summed E-state index contributed by atoms with van der Waals surface area (Å²) in [5.41, 5.74) is 4.08. The van der Waals surface area contributed by atoms with Gasteiger partial charge in [-0.2, -0.15) is 8.78 Å². The summed E-state index contributed by atoms with van der Waals surface area (Å²) in [6.45, 7) is -0.819. The van der Waals surface area contributed by atoms with Crippen LogP contribution in [0.5, 0.6) is 5.75 Å². The Labute approximate surface area is 161 Å². The van der Waals surface area contributed by atoms with Gasteiger partial charge < -0.3 is 15.0 Å². The molecular formula is C22H19F2N3O. The highest BCUT2D eigenvalue weighted by atomic mass is 19.3. The maximum absolute atomic E-state index is 12.5. The number of hydrogen-bond donors (Lipinski definition) is 2. The molecule has 4 rings (SSSR count). The molecule has 0 aliphatic rings. The summed E-state index contributed by atoms with van der Waals surface area (Å²) in [5, 5.41) is 4.57. The Balaban J connectivity index is 1.79. The summed E-state index contributed by atoms with van der Waals surface area (Å²) >= 11 is 0. The van der Waals surface area contributed by atoms with Gasteiger partial charge in [0.2, 0.25) is 0 Å². The molecule has 1 unspecified atom stereocenters. The van der Waals surface area contributed by atoms with Gasteiger partial charge in [0.1, 0.15) is 11.6 Å². The molecule has 142 valence electrons. The molecule has 0 bridgehead atoms. The Bertz CT molecular complexity index is 1060. The Hall–Kier alpha value is -3.41. The van der Waals surface area contributed by atoms with E-state index in [1.54, 1.807) is 30.5 Å². The first-order valence-corrected chi connectivity index (χ1v) is 8.91. The minimum Gasteiger partial charge on any atom is -0.435 e. The fraction of sp³-hybridized carbons (Fsp3) is 0.136. The lowest BCUT2D eigenvalue weighted by Gasteiger charge is -2.21. The van der Waals surface area contributed by atoms with E-state index in [1.165, 1.54) is 0 Å². The van der Waals surface area contributed by atoms with E-state index in [4.69, 9.17) is 0 Å². The first kappa shape index (κ1) is 18.0. The number of hydrogen-bond acceptors (Lipinski definition) is 3. The lowest BCUT2D eigenvalue weighted by atomic mass is 9.96. The smallest absolute Gasteiger partial charge is 0.387 e. The molecule has 0 spiro atoms. The summed E-state index contributed by atoms with van der Waals surface area (Å²) in [6.07, 6.45) is 1.72. The van der Waals surface area contributed by atoms with Crippen molar-refractivity contribution < 1.29 is 13.5 Å². The van der Waals surface area contributed by atoms with Crippen LogP contribution in [-0.4, -0.2) is 16.6 Å². The molecule has 6 heteroatoms. The SMILES string of the molecule is Cc1[nH]c2ccccc2c1C(Nc1ccccn1)c1ccc(OC(F)F)cc1. The molecule has 0 saturated carbocycles. The fourth-order valence-corrected chi connectivity index (χ4v) is 3.43. The highest BCUT2D eigenvalue weighted by Gasteiger charge is 2.21. The van der Waals surface area contributed by atoms with Gasteiger partial charge in [-0.15, -0.1) is 0 Å². The quantitative estimate of drug-likeness (QED) is 0.453. The van der Waals surface area contributed by atoms with E-state index in [0.717, 1.165) is 33.5 Å². The van der Waals surface area contributed by atoms with Crippen LogP contribution < -0.4 is 10.1 Å². The van der Waals surface area contributed by atoms with E-state index in [9.17, 15) is 8.78 Å². The Morgan fingerprint density at radius 3 is 2.43 bits per heavy atom. The number of aromatic amines is 1. The number of nitrogens with zero attached hydrogens (tertiary/aromatic N) is 1. The van der Waals surface area contributed by atoms with Crippen LogP contribution >= 0.6 is 0 Å². The highest BCUT2D eigenvalue weighted by molar-refractivity contribution is 5.86. The molecular weight excluding hydrogens is 360 g/mol. The molecule has 28 heavy (non-hydrogen) atoms. The number of aryl methyl sites for hydroxylation is 1. The van der Waals surface area contributed by atoms with E-state index in [1.807, 2.05) is 43.3 Å². The Morgan fingerprint density at radius 2 is 1.71 bits per heavy atom. The average Bonchev–Trinajstić information content (AvgIpc) is 3.03. The van der Waals surface area contributed by atoms with E-state index >= 15 is 0 Å². The second-order valence-corrected chi connectivity index (χ2v) is 6.45. The van der Waals surface area contributed by atoms with Gasteiger partial charge in [-0.25, -0.2) is 4.98 Å². The van der Waals surface area contributed by atoms with Gasteiger partial charge in [-0.05, 0) is 42.8 Å². The molecule has 4 aromatic rings. The average molecular weight is 379 g/mol. The number of alkyl halides is 2.